The molecule has 0 aromatic heterocycles. The minimum absolute atomic E-state index is 0.0161. The van der Waals surface area contributed by atoms with Crippen molar-refractivity contribution in [3.05, 3.63) is 53.1 Å². The fourth-order valence-corrected chi connectivity index (χ4v) is 3.79. The minimum Gasteiger partial charge on any atom is -0.493 e. The molecule has 152 valence electrons. The molecule has 0 spiro atoms. The van der Waals surface area contributed by atoms with Crippen molar-refractivity contribution < 1.29 is 19.0 Å². The van der Waals surface area contributed by atoms with E-state index in [1.165, 1.54) is 0 Å². The van der Waals surface area contributed by atoms with Crippen LogP contribution in [-0.4, -0.2) is 57.3 Å². The van der Waals surface area contributed by atoms with E-state index in [4.69, 9.17) is 25.8 Å². The van der Waals surface area contributed by atoms with Gasteiger partial charge in [-0.15, -0.1) is 0 Å². The number of carbonyl (C=O) groups excluding carboxylic acids is 1. The average molecular weight is 415 g/mol. The Morgan fingerprint density at radius 3 is 2.62 bits per heavy atom. The molecule has 1 amide bonds. The predicted molar refractivity (Wildman–Crippen MR) is 113 cm³/mol. The second kappa shape index (κ2) is 8.66. The van der Waals surface area contributed by atoms with Crippen LogP contribution in [0.3, 0.4) is 0 Å². The Bertz CT molecular complexity index is 906. The highest BCUT2D eigenvalue weighted by atomic mass is 35.5. The number of halogens is 1. The number of para-hydroxylation sites is 1. The van der Waals surface area contributed by atoms with Gasteiger partial charge < -0.3 is 24.0 Å². The molecule has 6 nitrogen and oxygen atoms in total. The number of anilines is 1. The fraction of sp³-hybridized carbons (Fsp3) is 0.318. The lowest BCUT2D eigenvalue weighted by atomic mass is 10.1. The summed E-state index contributed by atoms with van der Waals surface area (Å²) < 4.78 is 16.6. The van der Waals surface area contributed by atoms with E-state index in [1.807, 2.05) is 41.3 Å². The predicted octanol–water partition coefficient (Wildman–Crippen LogP) is 3.48. The summed E-state index contributed by atoms with van der Waals surface area (Å²) in [6.45, 7) is 3.80. The summed E-state index contributed by atoms with van der Waals surface area (Å²) in [7, 11) is 1.59. The van der Waals surface area contributed by atoms with Crippen LogP contribution in [0.15, 0.2) is 42.5 Å². The third-order valence-corrected chi connectivity index (χ3v) is 5.37. The zero-order valence-electron chi connectivity index (χ0n) is 16.3. The smallest absolute Gasteiger partial charge is 0.246 e. The number of ether oxygens (including phenoxy) is 3. The molecule has 2 aromatic carbocycles. The Labute approximate surface area is 175 Å². The number of nitrogens with zero attached hydrogens (tertiary/aromatic N) is 2. The maximum absolute atomic E-state index is 12.6. The molecule has 0 radical (unpaired) electrons. The first kappa shape index (κ1) is 19.5. The molecule has 2 aliphatic heterocycles. The number of benzene rings is 2. The van der Waals surface area contributed by atoms with Gasteiger partial charge in [0.1, 0.15) is 13.2 Å². The Morgan fingerprint density at radius 1 is 1.10 bits per heavy atom. The summed E-state index contributed by atoms with van der Waals surface area (Å²) in [6, 6.07) is 11.5. The fourth-order valence-electron chi connectivity index (χ4n) is 3.54. The Kier molecular flexibility index (Phi) is 5.81. The zero-order chi connectivity index (χ0) is 20.2. The maximum atomic E-state index is 12.6. The molecule has 1 fully saturated rings. The number of amides is 1. The van der Waals surface area contributed by atoms with Crippen molar-refractivity contribution >= 4 is 29.3 Å². The highest BCUT2D eigenvalue weighted by molar-refractivity contribution is 6.33. The number of piperazine rings is 1. The van der Waals surface area contributed by atoms with Gasteiger partial charge in [0, 0.05) is 32.3 Å². The number of fused-ring (bicyclic) bond motifs is 1. The molecule has 0 bridgehead atoms. The van der Waals surface area contributed by atoms with Crippen LogP contribution in [0.2, 0.25) is 5.02 Å². The van der Waals surface area contributed by atoms with E-state index in [0.717, 1.165) is 29.4 Å². The summed E-state index contributed by atoms with van der Waals surface area (Å²) in [4.78, 5) is 16.7. The largest absolute Gasteiger partial charge is 0.493 e. The molecule has 2 heterocycles. The van der Waals surface area contributed by atoms with Gasteiger partial charge in [0.2, 0.25) is 11.7 Å². The van der Waals surface area contributed by atoms with E-state index >= 15 is 0 Å². The molecule has 2 aromatic rings. The lowest BCUT2D eigenvalue weighted by Crippen LogP contribution is -2.48. The van der Waals surface area contributed by atoms with Crippen LogP contribution in [-0.2, 0) is 4.79 Å². The molecule has 2 aliphatic rings. The first-order valence-electron chi connectivity index (χ1n) is 9.60. The van der Waals surface area contributed by atoms with E-state index in [-0.39, 0.29) is 5.91 Å². The van der Waals surface area contributed by atoms with Crippen molar-refractivity contribution in [1.29, 1.82) is 0 Å². The van der Waals surface area contributed by atoms with Gasteiger partial charge in [-0.1, -0.05) is 23.7 Å². The summed E-state index contributed by atoms with van der Waals surface area (Å²) in [5.41, 5.74) is 1.84. The molecule has 1 saturated heterocycles. The van der Waals surface area contributed by atoms with Gasteiger partial charge in [-0.2, -0.15) is 0 Å². The third kappa shape index (κ3) is 4.27. The Hall–Kier alpha value is -2.86. The molecular formula is C22H23ClN2O4. The quantitative estimate of drug-likeness (QED) is 0.717. The van der Waals surface area contributed by atoms with Crippen LogP contribution in [0.4, 0.5) is 5.69 Å². The Balaban J connectivity index is 1.40. The zero-order valence-corrected chi connectivity index (χ0v) is 17.0. The average Bonchev–Trinajstić information content (AvgIpc) is 2.77. The van der Waals surface area contributed by atoms with Gasteiger partial charge >= 0.3 is 0 Å². The van der Waals surface area contributed by atoms with Crippen LogP contribution < -0.4 is 19.1 Å². The maximum Gasteiger partial charge on any atom is 0.246 e. The molecule has 0 aliphatic carbocycles. The molecule has 0 unspecified atom stereocenters. The summed E-state index contributed by atoms with van der Waals surface area (Å²) in [5.74, 6) is 1.83. The van der Waals surface area contributed by atoms with Crippen LogP contribution >= 0.6 is 11.6 Å². The molecule has 7 heteroatoms. The van der Waals surface area contributed by atoms with E-state index in [0.29, 0.717) is 43.6 Å². The number of methoxy groups -OCH3 is 1. The van der Waals surface area contributed by atoms with Gasteiger partial charge in [-0.25, -0.2) is 0 Å². The van der Waals surface area contributed by atoms with E-state index < -0.39 is 0 Å². The second-order valence-corrected chi connectivity index (χ2v) is 7.25. The first-order chi connectivity index (χ1) is 14.2. The Morgan fingerprint density at radius 2 is 1.86 bits per heavy atom. The monoisotopic (exact) mass is 414 g/mol. The van der Waals surface area contributed by atoms with E-state index in [2.05, 4.69) is 4.90 Å². The van der Waals surface area contributed by atoms with Crippen molar-refractivity contribution in [3.63, 3.8) is 0 Å². The SMILES string of the molecule is COc1cc(/C=C/C(=O)N2CCN(c3ccccc3Cl)CC2)cc2c1OCCO2. The first-order valence-corrected chi connectivity index (χ1v) is 9.97. The van der Waals surface area contributed by atoms with Crippen LogP contribution in [0.25, 0.3) is 6.08 Å². The molecular weight excluding hydrogens is 392 g/mol. The molecule has 0 atom stereocenters. The van der Waals surface area contributed by atoms with Crippen LogP contribution in [0.1, 0.15) is 5.56 Å². The third-order valence-electron chi connectivity index (χ3n) is 5.05. The topological polar surface area (TPSA) is 51.2 Å². The van der Waals surface area contributed by atoms with Crippen LogP contribution in [0.5, 0.6) is 17.2 Å². The van der Waals surface area contributed by atoms with Gasteiger partial charge in [0.05, 0.1) is 17.8 Å². The lowest BCUT2D eigenvalue weighted by molar-refractivity contribution is -0.126. The number of rotatable bonds is 4. The standard InChI is InChI=1S/C22H23ClN2O4/c1-27-19-14-16(15-20-22(19)29-13-12-28-20)6-7-21(26)25-10-8-24(9-11-25)18-5-3-2-4-17(18)23/h2-7,14-15H,8-13H2,1H3/b7-6+. The molecule has 29 heavy (non-hydrogen) atoms. The lowest BCUT2D eigenvalue weighted by Gasteiger charge is -2.36. The summed E-state index contributed by atoms with van der Waals surface area (Å²) in [5, 5.41) is 0.736. The number of hydrogen-bond donors (Lipinski definition) is 0. The van der Waals surface area contributed by atoms with Crippen molar-refractivity contribution in [3.8, 4) is 17.2 Å². The van der Waals surface area contributed by atoms with Gasteiger partial charge in [-0.05, 0) is 35.9 Å². The normalized spacial score (nSPS) is 16.2. The summed E-state index contributed by atoms with van der Waals surface area (Å²) in [6.07, 6.45) is 3.37. The molecule has 4 rings (SSSR count). The van der Waals surface area contributed by atoms with Crippen molar-refractivity contribution in [2.24, 2.45) is 0 Å². The summed E-state index contributed by atoms with van der Waals surface area (Å²) >= 11 is 6.29. The second-order valence-electron chi connectivity index (χ2n) is 6.84. The van der Waals surface area contributed by atoms with Gasteiger partial charge in [-0.3, -0.25) is 4.79 Å². The number of carbonyl (C=O) groups is 1. The highest BCUT2D eigenvalue weighted by Gasteiger charge is 2.21. The van der Waals surface area contributed by atoms with Gasteiger partial charge in [0.15, 0.2) is 11.5 Å². The molecule has 0 N–H and O–H groups in total. The van der Waals surface area contributed by atoms with E-state index in [1.54, 1.807) is 19.3 Å². The van der Waals surface area contributed by atoms with Crippen molar-refractivity contribution in [2.45, 2.75) is 0 Å². The highest BCUT2D eigenvalue weighted by Crippen LogP contribution is 2.40. The minimum atomic E-state index is -0.0161. The van der Waals surface area contributed by atoms with Crippen molar-refractivity contribution in [2.75, 3.05) is 51.4 Å². The number of hydrogen-bond acceptors (Lipinski definition) is 5. The van der Waals surface area contributed by atoms with Gasteiger partial charge in [0.25, 0.3) is 0 Å². The van der Waals surface area contributed by atoms with Crippen molar-refractivity contribution in [1.82, 2.24) is 4.90 Å². The van der Waals surface area contributed by atoms with E-state index in [9.17, 15) is 4.79 Å². The van der Waals surface area contributed by atoms with Crippen LogP contribution in [0, 0.1) is 0 Å². The molecule has 0 saturated carbocycles.